The highest BCUT2D eigenvalue weighted by Crippen LogP contribution is 2.26. The Labute approximate surface area is 96.1 Å². The summed E-state index contributed by atoms with van der Waals surface area (Å²) >= 11 is 0. The molecule has 0 aromatic heterocycles. The summed E-state index contributed by atoms with van der Waals surface area (Å²) in [5.74, 6) is 0.482. The molecule has 2 heterocycles. The van der Waals surface area contributed by atoms with E-state index in [4.69, 9.17) is 5.73 Å². The molecule has 2 aliphatic heterocycles. The van der Waals surface area contributed by atoms with E-state index in [1.807, 2.05) is 0 Å². The van der Waals surface area contributed by atoms with E-state index in [-0.39, 0.29) is 11.6 Å². The van der Waals surface area contributed by atoms with Gasteiger partial charge in [-0.1, -0.05) is 6.92 Å². The van der Waals surface area contributed by atoms with Crippen LogP contribution < -0.4 is 11.1 Å². The molecule has 1 fully saturated rings. The molecule has 5 heteroatoms. The molecule has 5 nitrogen and oxygen atoms in total. The fraction of sp³-hybridized carbons (Fsp3) is 0.818. The molecule has 16 heavy (non-hydrogen) atoms. The molecule has 2 aliphatic rings. The summed E-state index contributed by atoms with van der Waals surface area (Å²) in [7, 11) is 0. The Morgan fingerprint density at radius 1 is 1.50 bits per heavy atom. The summed E-state index contributed by atoms with van der Waals surface area (Å²) in [6, 6.07) is -0.276. The van der Waals surface area contributed by atoms with Gasteiger partial charge in [-0.25, -0.2) is 4.79 Å². The maximum absolute atomic E-state index is 11.3. The topological polar surface area (TPSA) is 70.7 Å². The third-order valence-corrected chi connectivity index (χ3v) is 3.53. The molecular formula is C11H20N4O. The average molecular weight is 224 g/mol. The number of nitrogens with one attached hydrogen (secondary N) is 1. The number of nitrogens with two attached hydrogens (primary N) is 1. The SMILES string of the molecule is CCCN1CCCC2(CC1)NC(=O)N=C2N. The first-order chi connectivity index (χ1) is 7.66. The van der Waals surface area contributed by atoms with Crippen LogP contribution in [0.3, 0.4) is 0 Å². The molecular weight excluding hydrogens is 204 g/mol. The van der Waals surface area contributed by atoms with E-state index >= 15 is 0 Å². The van der Waals surface area contributed by atoms with E-state index in [1.54, 1.807) is 0 Å². The number of rotatable bonds is 2. The average Bonchev–Trinajstić information content (AvgIpc) is 2.41. The van der Waals surface area contributed by atoms with E-state index < -0.39 is 0 Å². The number of hydrogen-bond donors (Lipinski definition) is 2. The van der Waals surface area contributed by atoms with Gasteiger partial charge in [0.15, 0.2) is 0 Å². The molecule has 1 atom stereocenters. The van der Waals surface area contributed by atoms with Crippen molar-refractivity contribution < 1.29 is 4.79 Å². The number of likely N-dealkylation sites (tertiary alicyclic amines) is 1. The molecule has 0 radical (unpaired) electrons. The summed E-state index contributed by atoms with van der Waals surface area (Å²) in [5, 5.41) is 2.93. The first kappa shape index (κ1) is 11.4. The van der Waals surface area contributed by atoms with Gasteiger partial charge in [-0.2, -0.15) is 4.99 Å². The molecule has 3 N–H and O–H groups in total. The van der Waals surface area contributed by atoms with Crippen molar-refractivity contribution in [2.45, 2.75) is 38.1 Å². The van der Waals surface area contributed by atoms with Crippen LogP contribution in [-0.4, -0.2) is 41.9 Å². The molecule has 0 aromatic rings. The Morgan fingerprint density at radius 2 is 2.31 bits per heavy atom. The Balaban J connectivity index is 2.04. The van der Waals surface area contributed by atoms with Crippen LogP contribution >= 0.6 is 0 Å². The second-order valence-corrected chi connectivity index (χ2v) is 4.70. The lowest BCUT2D eigenvalue weighted by Gasteiger charge is -2.27. The molecule has 1 spiro atoms. The fourth-order valence-electron chi connectivity index (χ4n) is 2.62. The smallest absolute Gasteiger partial charge is 0.343 e. The number of carbonyl (C=O) groups excluding carboxylic acids is 1. The highest BCUT2D eigenvalue weighted by Gasteiger charge is 2.41. The first-order valence-corrected chi connectivity index (χ1v) is 6.05. The maximum Gasteiger partial charge on any atom is 0.343 e. The van der Waals surface area contributed by atoms with E-state index in [2.05, 4.69) is 22.1 Å². The molecule has 1 saturated heterocycles. The van der Waals surface area contributed by atoms with Crippen LogP contribution in [0, 0.1) is 0 Å². The minimum atomic E-state index is -0.348. The predicted octanol–water partition coefficient (Wildman–Crippen LogP) is 0.702. The minimum absolute atomic E-state index is 0.276. The van der Waals surface area contributed by atoms with Gasteiger partial charge in [0.05, 0.1) is 0 Å². The van der Waals surface area contributed by atoms with Gasteiger partial charge < -0.3 is 16.0 Å². The van der Waals surface area contributed by atoms with Gasteiger partial charge in [0.2, 0.25) is 0 Å². The second kappa shape index (κ2) is 4.41. The molecule has 0 aliphatic carbocycles. The van der Waals surface area contributed by atoms with Gasteiger partial charge in [0, 0.05) is 6.54 Å². The number of amides is 2. The van der Waals surface area contributed by atoms with Crippen molar-refractivity contribution >= 4 is 11.9 Å². The number of urea groups is 1. The van der Waals surface area contributed by atoms with Crippen molar-refractivity contribution in [2.75, 3.05) is 19.6 Å². The highest BCUT2D eigenvalue weighted by molar-refractivity contribution is 6.05. The van der Waals surface area contributed by atoms with Crippen LogP contribution in [0.5, 0.6) is 0 Å². The van der Waals surface area contributed by atoms with Gasteiger partial charge in [0.1, 0.15) is 11.4 Å². The largest absolute Gasteiger partial charge is 0.385 e. The maximum atomic E-state index is 11.3. The zero-order chi connectivity index (χ0) is 11.6. The summed E-state index contributed by atoms with van der Waals surface area (Å²) in [5.41, 5.74) is 5.52. The molecule has 2 amide bonds. The van der Waals surface area contributed by atoms with Crippen LogP contribution in [0.15, 0.2) is 4.99 Å². The van der Waals surface area contributed by atoms with Crippen LogP contribution in [0.1, 0.15) is 32.6 Å². The van der Waals surface area contributed by atoms with Gasteiger partial charge >= 0.3 is 6.03 Å². The van der Waals surface area contributed by atoms with Crippen LogP contribution in [0.4, 0.5) is 4.79 Å². The lowest BCUT2D eigenvalue weighted by molar-refractivity contribution is 0.242. The summed E-state index contributed by atoms with van der Waals surface area (Å²) in [6.45, 7) is 5.40. The summed E-state index contributed by atoms with van der Waals surface area (Å²) < 4.78 is 0. The van der Waals surface area contributed by atoms with E-state index in [9.17, 15) is 4.79 Å². The highest BCUT2D eigenvalue weighted by atomic mass is 16.2. The Hall–Kier alpha value is -1.10. The van der Waals surface area contributed by atoms with Gasteiger partial charge in [-0.15, -0.1) is 0 Å². The number of aliphatic imine (C=N–C) groups is 1. The van der Waals surface area contributed by atoms with Crippen molar-refractivity contribution in [3.8, 4) is 0 Å². The monoisotopic (exact) mass is 224 g/mol. The molecule has 0 aromatic carbocycles. The molecule has 0 bridgehead atoms. The predicted molar refractivity (Wildman–Crippen MR) is 63.5 cm³/mol. The normalized spacial score (nSPS) is 31.3. The van der Waals surface area contributed by atoms with Crippen LogP contribution in [0.25, 0.3) is 0 Å². The van der Waals surface area contributed by atoms with E-state index in [0.29, 0.717) is 5.84 Å². The van der Waals surface area contributed by atoms with Crippen LogP contribution in [-0.2, 0) is 0 Å². The summed E-state index contributed by atoms with van der Waals surface area (Å²) in [4.78, 5) is 17.5. The van der Waals surface area contributed by atoms with Gasteiger partial charge in [-0.3, -0.25) is 0 Å². The lowest BCUT2D eigenvalue weighted by Crippen LogP contribution is -2.52. The lowest BCUT2D eigenvalue weighted by atomic mass is 9.90. The fourth-order valence-corrected chi connectivity index (χ4v) is 2.62. The Bertz CT molecular complexity index is 315. The number of hydrogen-bond acceptors (Lipinski definition) is 3. The van der Waals surface area contributed by atoms with Crippen LogP contribution in [0.2, 0.25) is 0 Å². The third kappa shape index (κ3) is 2.04. The third-order valence-electron chi connectivity index (χ3n) is 3.53. The van der Waals surface area contributed by atoms with Crippen molar-refractivity contribution in [3.05, 3.63) is 0 Å². The summed E-state index contributed by atoms with van der Waals surface area (Å²) in [6.07, 6.45) is 4.03. The number of amidine groups is 1. The standard InChI is InChI=1S/C11H20N4O/c1-2-6-15-7-3-4-11(5-8-15)9(12)13-10(16)14-11/h2-8H2,1H3,(H3,12,13,14,16). The Kier molecular flexibility index (Phi) is 3.14. The van der Waals surface area contributed by atoms with Gasteiger partial charge in [-0.05, 0) is 38.8 Å². The first-order valence-electron chi connectivity index (χ1n) is 6.05. The van der Waals surface area contributed by atoms with E-state index in [1.165, 1.54) is 6.42 Å². The zero-order valence-electron chi connectivity index (χ0n) is 9.83. The van der Waals surface area contributed by atoms with E-state index in [0.717, 1.165) is 38.9 Å². The van der Waals surface area contributed by atoms with Crippen molar-refractivity contribution in [1.82, 2.24) is 10.2 Å². The quantitative estimate of drug-likeness (QED) is 0.725. The zero-order valence-corrected chi connectivity index (χ0v) is 9.83. The van der Waals surface area contributed by atoms with Crippen molar-refractivity contribution in [3.63, 3.8) is 0 Å². The second-order valence-electron chi connectivity index (χ2n) is 4.70. The molecule has 90 valence electrons. The number of carbonyl (C=O) groups is 1. The van der Waals surface area contributed by atoms with Gasteiger partial charge in [0.25, 0.3) is 0 Å². The Morgan fingerprint density at radius 3 is 2.94 bits per heavy atom. The molecule has 1 unspecified atom stereocenters. The number of nitrogens with zero attached hydrogens (tertiary/aromatic N) is 2. The molecule has 2 rings (SSSR count). The minimum Gasteiger partial charge on any atom is -0.385 e. The van der Waals surface area contributed by atoms with Crippen molar-refractivity contribution in [2.24, 2.45) is 10.7 Å². The van der Waals surface area contributed by atoms with Crippen molar-refractivity contribution in [1.29, 1.82) is 0 Å². The molecule has 0 saturated carbocycles.